The minimum atomic E-state index is -0.599. The SMILES string of the molecule is COc1cc2sc(NC(=O)c3ccccc3[N+](=O)[O-])nc2cc1Cl. The Bertz CT molecular complexity index is 957. The Morgan fingerprint density at radius 2 is 2.12 bits per heavy atom. The van der Waals surface area contributed by atoms with Gasteiger partial charge in [-0.25, -0.2) is 4.98 Å². The van der Waals surface area contributed by atoms with Gasteiger partial charge in [-0.1, -0.05) is 35.1 Å². The van der Waals surface area contributed by atoms with Crippen LogP contribution in [0.25, 0.3) is 10.2 Å². The second-order valence-electron chi connectivity index (χ2n) is 4.70. The molecule has 1 aromatic heterocycles. The molecule has 0 aliphatic rings. The van der Waals surface area contributed by atoms with E-state index in [2.05, 4.69) is 10.3 Å². The zero-order valence-electron chi connectivity index (χ0n) is 12.3. The number of carbonyl (C=O) groups is 1. The van der Waals surface area contributed by atoms with E-state index in [1.54, 1.807) is 18.2 Å². The topological polar surface area (TPSA) is 94.4 Å². The number of amides is 1. The van der Waals surface area contributed by atoms with Gasteiger partial charge >= 0.3 is 0 Å². The van der Waals surface area contributed by atoms with Crippen molar-refractivity contribution in [3.8, 4) is 5.75 Å². The lowest BCUT2D eigenvalue weighted by molar-refractivity contribution is -0.385. The number of hydrogen-bond acceptors (Lipinski definition) is 6. The normalized spacial score (nSPS) is 10.6. The van der Waals surface area contributed by atoms with E-state index in [1.165, 1.54) is 36.6 Å². The highest BCUT2D eigenvalue weighted by atomic mass is 35.5. The number of para-hydroxylation sites is 1. The number of nitrogens with one attached hydrogen (secondary N) is 1. The van der Waals surface area contributed by atoms with Crippen LogP contribution in [0.4, 0.5) is 10.8 Å². The van der Waals surface area contributed by atoms with Crippen LogP contribution >= 0.6 is 22.9 Å². The maximum Gasteiger partial charge on any atom is 0.282 e. The Hall–Kier alpha value is -2.71. The number of nitro groups is 1. The molecule has 24 heavy (non-hydrogen) atoms. The van der Waals surface area contributed by atoms with Crippen LogP contribution < -0.4 is 10.1 Å². The van der Waals surface area contributed by atoms with Crippen molar-refractivity contribution in [3.63, 3.8) is 0 Å². The molecule has 0 bridgehead atoms. The number of halogens is 1. The monoisotopic (exact) mass is 363 g/mol. The first-order valence-electron chi connectivity index (χ1n) is 6.68. The summed E-state index contributed by atoms with van der Waals surface area (Å²) in [7, 11) is 1.51. The van der Waals surface area contributed by atoms with Crippen molar-refractivity contribution in [2.75, 3.05) is 12.4 Å². The molecular formula is C15H10ClN3O4S. The third-order valence-electron chi connectivity index (χ3n) is 3.23. The number of thiazole rings is 1. The summed E-state index contributed by atoms with van der Waals surface area (Å²) in [5, 5.41) is 14.3. The Morgan fingerprint density at radius 3 is 2.83 bits per heavy atom. The quantitative estimate of drug-likeness (QED) is 0.555. The van der Waals surface area contributed by atoms with Gasteiger partial charge in [0.05, 0.1) is 27.3 Å². The third-order valence-corrected chi connectivity index (χ3v) is 4.46. The zero-order valence-corrected chi connectivity index (χ0v) is 13.9. The first kappa shape index (κ1) is 16.2. The minimum absolute atomic E-state index is 0.0302. The number of anilines is 1. The summed E-state index contributed by atoms with van der Waals surface area (Å²) in [4.78, 5) is 27.0. The van der Waals surface area contributed by atoms with Gasteiger partial charge in [0.15, 0.2) is 5.13 Å². The number of benzene rings is 2. The average molecular weight is 364 g/mol. The third kappa shape index (κ3) is 3.01. The fourth-order valence-corrected chi connectivity index (χ4v) is 3.24. The van der Waals surface area contributed by atoms with Crippen LogP contribution in [0.2, 0.25) is 5.02 Å². The van der Waals surface area contributed by atoms with Gasteiger partial charge in [0.1, 0.15) is 11.3 Å². The van der Waals surface area contributed by atoms with Gasteiger partial charge in [-0.2, -0.15) is 0 Å². The molecule has 0 aliphatic carbocycles. The molecule has 3 rings (SSSR count). The summed E-state index contributed by atoms with van der Waals surface area (Å²) in [5.74, 6) is -0.0937. The van der Waals surface area contributed by atoms with Crippen molar-refractivity contribution < 1.29 is 14.5 Å². The standard InChI is InChI=1S/C15H10ClN3O4S/c1-23-12-7-13-10(6-9(12)16)17-15(24-13)18-14(20)8-4-2-3-5-11(8)19(21)22/h2-7H,1H3,(H,17,18,20). The van der Waals surface area contributed by atoms with Crippen LogP contribution in [0.5, 0.6) is 5.75 Å². The second kappa shape index (κ2) is 6.42. The molecule has 1 amide bonds. The largest absolute Gasteiger partial charge is 0.495 e. The molecule has 122 valence electrons. The van der Waals surface area contributed by atoms with Gasteiger partial charge in [-0.3, -0.25) is 20.2 Å². The number of nitrogens with zero attached hydrogens (tertiary/aromatic N) is 2. The van der Waals surface area contributed by atoms with Gasteiger partial charge in [0.2, 0.25) is 0 Å². The van der Waals surface area contributed by atoms with Crippen LogP contribution in [0.15, 0.2) is 36.4 Å². The molecule has 0 atom stereocenters. The molecule has 0 saturated heterocycles. The highest BCUT2D eigenvalue weighted by molar-refractivity contribution is 7.22. The predicted octanol–water partition coefficient (Wildman–Crippen LogP) is 4.12. The van der Waals surface area contributed by atoms with Gasteiger partial charge in [-0.05, 0) is 12.1 Å². The van der Waals surface area contributed by atoms with E-state index < -0.39 is 10.8 Å². The molecular weight excluding hydrogens is 354 g/mol. The number of nitro benzene ring substituents is 1. The number of ether oxygens (including phenoxy) is 1. The van der Waals surface area contributed by atoms with Crippen LogP contribution in [0.1, 0.15) is 10.4 Å². The van der Waals surface area contributed by atoms with Crippen molar-refractivity contribution in [2.24, 2.45) is 0 Å². The van der Waals surface area contributed by atoms with Crippen LogP contribution in [0.3, 0.4) is 0 Å². The van der Waals surface area contributed by atoms with Gasteiger partial charge in [0.25, 0.3) is 11.6 Å². The number of fused-ring (bicyclic) bond motifs is 1. The highest BCUT2D eigenvalue weighted by Crippen LogP contribution is 2.34. The average Bonchev–Trinajstić information content (AvgIpc) is 2.94. The fourth-order valence-electron chi connectivity index (χ4n) is 2.13. The lowest BCUT2D eigenvalue weighted by atomic mass is 10.1. The molecule has 0 spiro atoms. The summed E-state index contributed by atoms with van der Waals surface area (Å²) in [6.45, 7) is 0. The Labute approximate surface area is 145 Å². The van der Waals surface area contributed by atoms with Crippen molar-refractivity contribution in [3.05, 3.63) is 57.1 Å². The molecule has 0 saturated carbocycles. The van der Waals surface area contributed by atoms with E-state index in [0.717, 1.165) is 4.70 Å². The molecule has 0 unspecified atom stereocenters. The van der Waals surface area contributed by atoms with Crippen molar-refractivity contribution in [1.29, 1.82) is 0 Å². The van der Waals surface area contributed by atoms with Gasteiger partial charge in [-0.15, -0.1) is 0 Å². The lowest BCUT2D eigenvalue weighted by Crippen LogP contribution is -2.13. The van der Waals surface area contributed by atoms with Crippen LogP contribution in [0, 0.1) is 10.1 Å². The molecule has 0 aliphatic heterocycles. The Kier molecular flexibility index (Phi) is 4.32. The van der Waals surface area contributed by atoms with E-state index in [4.69, 9.17) is 16.3 Å². The predicted molar refractivity (Wildman–Crippen MR) is 92.2 cm³/mol. The minimum Gasteiger partial charge on any atom is -0.495 e. The van der Waals surface area contributed by atoms with E-state index in [1.807, 2.05) is 0 Å². The van der Waals surface area contributed by atoms with E-state index in [-0.39, 0.29) is 11.3 Å². The maximum absolute atomic E-state index is 12.3. The smallest absolute Gasteiger partial charge is 0.282 e. The Morgan fingerprint density at radius 1 is 1.38 bits per heavy atom. The summed E-state index contributed by atoms with van der Waals surface area (Å²) >= 11 is 7.27. The van der Waals surface area contributed by atoms with E-state index in [9.17, 15) is 14.9 Å². The molecule has 7 nitrogen and oxygen atoms in total. The van der Waals surface area contributed by atoms with Gasteiger partial charge in [0, 0.05) is 12.1 Å². The Balaban J connectivity index is 1.93. The van der Waals surface area contributed by atoms with E-state index >= 15 is 0 Å². The second-order valence-corrected chi connectivity index (χ2v) is 6.14. The van der Waals surface area contributed by atoms with E-state index in [0.29, 0.717) is 21.4 Å². The molecule has 9 heteroatoms. The summed E-state index contributed by atoms with van der Waals surface area (Å²) in [5.41, 5.74) is 0.307. The number of rotatable bonds is 4. The lowest BCUT2D eigenvalue weighted by Gasteiger charge is -2.02. The number of carbonyl (C=O) groups excluding carboxylic acids is 1. The zero-order chi connectivity index (χ0) is 17.3. The summed E-state index contributed by atoms with van der Waals surface area (Å²) in [6, 6.07) is 9.08. The van der Waals surface area contributed by atoms with Crippen molar-refractivity contribution in [1.82, 2.24) is 4.98 Å². The molecule has 2 aromatic carbocycles. The molecule has 0 radical (unpaired) electrons. The number of methoxy groups -OCH3 is 1. The van der Waals surface area contributed by atoms with Crippen LogP contribution in [-0.4, -0.2) is 22.9 Å². The molecule has 3 aromatic rings. The number of hydrogen-bond donors (Lipinski definition) is 1. The van der Waals surface area contributed by atoms with Crippen LogP contribution in [-0.2, 0) is 0 Å². The molecule has 1 heterocycles. The maximum atomic E-state index is 12.3. The van der Waals surface area contributed by atoms with Crippen molar-refractivity contribution >= 4 is 49.9 Å². The fraction of sp³-hybridized carbons (Fsp3) is 0.0667. The highest BCUT2D eigenvalue weighted by Gasteiger charge is 2.20. The summed E-state index contributed by atoms with van der Waals surface area (Å²) < 4.78 is 5.91. The first-order valence-corrected chi connectivity index (χ1v) is 7.88. The molecule has 0 fully saturated rings. The van der Waals surface area contributed by atoms with Gasteiger partial charge < -0.3 is 4.74 Å². The molecule has 1 N–H and O–H groups in total. The first-order chi connectivity index (χ1) is 11.5. The number of aromatic nitrogens is 1. The summed E-state index contributed by atoms with van der Waals surface area (Å²) in [6.07, 6.45) is 0. The van der Waals surface area contributed by atoms with Crippen molar-refractivity contribution in [2.45, 2.75) is 0 Å².